The van der Waals surface area contributed by atoms with Crippen molar-refractivity contribution in [3.8, 4) is 22.3 Å². The number of nitrogen functional groups attached to an aromatic ring is 2. The van der Waals surface area contributed by atoms with Gasteiger partial charge in [-0.25, -0.2) is 9.59 Å². The standard InChI is InChI=1S/C20H16N2O4/c21-13-4-1-11(2-5-13)15-8-6-14(22)10-17(15)16-7-3-12(19(23)24)9-18(16)20(25)26/h1-10H,21-22H2,(H,23,24)(H,25,26). The van der Waals surface area contributed by atoms with Crippen LogP contribution in [0.1, 0.15) is 20.7 Å². The Balaban J connectivity index is 2.27. The maximum absolute atomic E-state index is 11.7. The largest absolute Gasteiger partial charge is 0.478 e. The molecule has 0 unspecified atom stereocenters. The van der Waals surface area contributed by atoms with Crippen LogP contribution < -0.4 is 11.5 Å². The van der Waals surface area contributed by atoms with Gasteiger partial charge in [0.05, 0.1) is 11.1 Å². The van der Waals surface area contributed by atoms with E-state index in [0.29, 0.717) is 22.5 Å². The van der Waals surface area contributed by atoms with Crippen LogP contribution in [0.15, 0.2) is 60.7 Å². The predicted molar refractivity (Wildman–Crippen MR) is 100 cm³/mol. The molecular formula is C20H16N2O4. The molecule has 6 heteroatoms. The van der Waals surface area contributed by atoms with E-state index in [-0.39, 0.29) is 11.1 Å². The molecule has 3 aromatic rings. The quantitative estimate of drug-likeness (QED) is 0.534. The molecule has 0 aliphatic heterocycles. The van der Waals surface area contributed by atoms with Crippen LogP contribution in [-0.4, -0.2) is 22.2 Å². The van der Waals surface area contributed by atoms with Gasteiger partial charge in [-0.2, -0.15) is 0 Å². The second kappa shape index (κ2) is 6.60. The first kappa shape index (κ1) is 17.0. The van der Waals surface area contributed by atoms with Gasteiger partial charge in [0.15, 0.2) is 0 Å². The maximum atomic E-state index is 11.7. The van der Waals surface area contributed by atoms with Gasteiger partial charge < -0.3 is 21.7 Å². The van der Waals surface area contributed by atoms with Crippen molar-refractivity contribution in [3.63, 3.8) is 0 Å². The van der Waals surface area contributed by atoms with Crippen LogP contribution in [0.4, 0.5) is 11.4 Å². The molecule has 0 aliphatic carbocycles. The fourth-order valence-electron chi connectivity index (χ4n) is 2.79. The molecule has 0 bridgehead atoms. The Morgan fingerprint density at radius 2 is 1.27 bits per heavy atom. The molecule has 0 fully saturated rings. The third-order valence-corrected chi connectivity index (χ3v) is 4.05. The highest BCUT2D eigenvalue weighted by Gasteiger charge is 2.18. The van der Waals surface area contributed by atoms with Gasteiger partial charge in [0.25, 0.3) is 0 Å². The molecule has 0 saturated heterocycles. The lowest BCUT2D eigenvalue weighted by Gasteiger charge is -2.14. The van der Waals surface area contributed by atoms with Crippen molar-refractivity contribution in [3.05, 3.63) is 71.8 Å². The fourth-order valence-corrected chi connectivity index (χ4v) is 2.79. The van der Waals surface area contributed by atoms with Crippen LogP contribution >= 0.6 is 0 Å². The summed E-state index contributed by atoms with van der Waals surface area (Å²) in [5.41, 5.74) is 15.1. The second-order valence-electron chi connectivity index (χ2n) is 5.80. The van der Waals surface area contributed by atoms with E-state index in [1.807, 2.05) is 12.1 Å². The molecule has 0 aromatic heterocycles. The number of rotatable bonds is 4. The molecule has 3 aromatic carbocycles. The molecule has 26 heavy (non-hydrogen) atoms. The van der Waals surface area contributed by atoms with Gasteiger partial charge >= 0.3 is 11.9 Å². The Hall–Kier alpha value is -3.80. The van der Waals surface area contributed by atoms with Gasteiger partial charge in [-0.1, -0.05) is 24.3 Å². The van der Waals surface area contributed by atoms with E-state index in [1.165, 1.54) is 12.1 Å². The van der Waals surface area contributed by atoms with E-state index in [9.17, 15) is 14.7 Å². The zero-order valence-electron chi connectivity index (χ0n) is 13.6. The van der Waals surface area contributed by atoms with Gasteiger partial charge in [-0.15, -0.1) is 0 Å². The van der Waals surface area contributed by atoms with Crippen LogP contribution in [0.2, 0.25) is 0 Å². The molecule has 130 valence electrons. The zero-order chi connectivity index (χ0) is 18.8. The minimum Gasteiger partial charge on any atom is -0.478 e. The summed E-state index contributed by atoms with van der Waals surface area (Å²) in [6.07, 6.45) is 0. The van der Waals surface area contributed by atoms with Crippen LogP contribution in [0.5, 0.6) is 0 Å². The molecule has 0 spiro atoms. The number of carbonyl (C=O) groups is 2. The average Bonchev–Trinajstić information content (AvgIpc) is 2.62. The van der Waals surface area contributed by atoms with E-state index < -0.39 is 11.9 Å². The number of carboxylic acids is 2. The average molecular weight is 348 g/mol. The third kappa shape index (κ3) is 3.21. The van der Waals surface area contributed by atoms with Crippen molar-refractivity contribution in [2.75, 3.05) is 11.5 Å². The number of aromatic carboxylic acids is 2. The molecule has 3 rings (SSSR count). The van der Waals surface area contributed by atoms with Crippen molar-refractivity contribution >= 4 is 23.3 Å². The Bertz CT molecular complexity index is 1010. The molecule has 0 amide bonds. The molecule has 6 nitrogen and oxygen atoms in total. The summed E-state index contributed by atoms with van der Waals surface area (Å²) >= 11 is 0. The SMILES string of the molecule is Nc1ccc(-c2ccc(N)cc2-c2ccc(C(=O)O)cc2C(=O)O)cc1. The van der Waals surface area contributed by atoms with Crippen LogP contribution in [-0.2, 0) is 0 Å². The molecule has 0 saturated carbocycles. The molecule has 0 radical (unpaired) electrons. The van der Waals surface area contributed by atoms with E-state index in [4.69, 9.17) is 16.6 Å². The fraction of sp³-hybridized carbons (Fsp3) is 0. The topological polar surface area (TPSA) is 127 Å². The normalized spacial score (nSPS) is 10.5. The number of benzene rings is 3. The first-order chi connectivity index (χ1) is 12.4. The monoisotopic (exact) mass is 348 g/mol. The highest BCUT2D eigenvalue weighted by atomic mass is 16.4. The molecular weight excluding hydrogens is 332 g/mol. The number of anilines is 2. The Morgan fingerprint density at radius 3 is 1.88 bits per heavy atom. The number of hydrogen-bond donors (Lipinski definition) is 4. The summed E-state index contributed by atoms with van der Waals surface area (Å²) < 4.78 is 0. The van der Waals surface area contributed by atoms with Crippen molar-refractivity contribution in [1.82, 2.24) is 0 Å². The summed E-state index contributed by atoms with van der Waals surface area (Å²) in [4.78, 5) is 22.9. The minimum atomic E-state index is -1.21. The van der Waals surface area contributed by atoms with Crippen molar-refractivity contribution in [1.29, 1.82) is 0 Å². The first-order valence-corrected chi connectivity index (χ1v) is 7.73. The van der Waals surface area contributed by atoms with Gasteiger partial charge in [0.2, 0.25) is 0 Å². The second-order valence-corrected chi connectivity index (χ2v) is 5.80. The van der Waals surface area contributed by atoms with Crippen LogP contribution in [0.3, 0.4) is 0 Å². The molecule has 0 heterocycles. The van der Waals surface area contributed by atoms with Crippen LogP contribution in [0.25, 0.3) is 22.3 Å². The maximum Gasteiger partial charge on any atom is 0.336 e. The predicted octanol–water partition coefficient (Wildman–Crippen LogP) is 3.58. The zero-order valence-corrected chi connectivity index (χ0v) is 13.6. The van der Waals surface area contributed by atoms with Gasteiger partial charge in [-0.05, 0) is 58.7 Å². The number of hydrogen-bond acceptors (Lipinski definition) is 4. The number of carboxylic acid groups (broad SMARTS) is 2. The summed E-state index contributed by atoms with van der Waals surface area (Å²) in [5, 5.41) is 18.7. The molecule has 6 N–H and O–H groups in total. The Labute approximate surface area is 149 Å². The van der Waals surface area contributed by atoms with E-state index in [0.717, 1.165) is 17.2 Å². The van der Waals surface area contributed by atoms with E-state index in [1.54, 1.807) is 30.3 Å². The van der Waals surface area contributed by atoms with Crippen molar-refractivity contribution in [2.45, 2.75) is 0 Å². The van der Waals surface area contributed by atoms with Gasteiger partial charge in [0, 0.05) is 11.4 Å². The summed E-state index contributed by atoms with van der Waals surface area (Å²) in [5.74, 6) is -2.40. The van der Waals surface area contributed by atoms with Crippen LogP contribution in [0, 0.1) is 0 Å². The highest BCUT2D eigenvalue weighted by Crippen LogP contribution is 2.36. The minimum absolute atomic E-state index is 0.0934. The summed E-state index contributed by atoms with van der Waals surface area (Å²) in [6.45, 7) is 0. The number of nitrogens with two attached hydrogens (primary N) is 2. The summed E-state index contributed by atoms with van der Waals surface area (Å²) in [7, 11) is 0. The van der Waals surface area contributed by atoms with E-state index in [2.05, 4.69) is 0 Å². The molecule has 0 atom stereocenters. The lowest BCUT2D eigenvalue weighted by Crippen LogP contribution is -2.05. The van der Waals surface area contributed by atoms with Crippen molar-refractivity contribution < 1.29 is 19.8 Å². The highest BCUT2D eigenvalue weighted by molar-refractivity contribution is 6.02. The third-order valence-electron chi connectivity index (χ3n) is 4.05. The first-order valence-electron chi connectivity index (χ1n) is 7.73. The van der Waals surface area contributed by atoms with Gasteiger partial charge in [-0.3, -0.25) is 0 Å². The lowest BCUT2D eigenvalue weighted by molar-refractivity contribution is 0.0696. The summed E-state index contributed by atoms with van der Waals surface area (Å²) in [6, 6.07) is 16.4. The van der Waals surface area contributed by atoms with E-state index >= 15 is 0 Å². The Kier molecular flexibility index (Phi) is 4.33. The van der Waals surface area contributed by atoms with Crippen molar-refractivity contribution in [2.24, 2.45) is 0 Å². The Morgan fingerprint density at radius 1 is 0.654 bits per heavy atom. The van der Waals surface area contributed by atoms with Gasteiger partial charge in [0.1, 0.15) is 0 Å². The lowest BCUT2D eigenvalue weighted by atomic mass is 9.90. The smallest absolute Gasteiger partial charge is 0.336 e. The molecule has 0 aliphatic rings.